The SMILES string of the molecule is Cc1noc(C)c1CSCC(=O)OC(C)C(=O)Nc1ccc(Oc2ccccc2)cc1. The number of aryl methyl sites for hydroxylation is 2. The first-order valence-corrected chi connectivity index (χ1v) is 10.9. The number of para-hydroxylation sites is 1. The molecule has 1 atom stereocenters. The maximum absolute atomic E-state index is 12.3. The summed E-state index contributed by atoms with van der Waals surface area (Å²) in [5.41, 5.74) is 2.37. The maximum Gasteiger partial charge on any atom is 0.316 e. The van der Waals surface area contributed by atoms with E-state index in [0.717, 1.165) is 22.8 Å². The molecule has 0 aliphatic rings. The summed E-state index contributed by atoms with van der Waals surface area (Å²) in [6.07, 6.45) is -0.910. The minimum Gasteiger partial charge on any atom is -0.457 e. The van der Waals surface area contributed by atoms with Crippen LogP contribution in [0, 0.1) is 13.8 Å². The quantitative estimate of drug-likeness (QED) is 0.474. The highest BCUT2D eigenvalue weighted by Crippen LogP contribution is 2.23. The lowest BCUT2D eigenvalue weighted by molar-refractivity contribution is -0.150. The van der Waals surface area contributed by atoms with Crippen molar-refractivity contribution < 1.29 is 23.6 Å². The normalized spacial score (nSPS) is 11.6. The van der Waals surface area contributed by atoms with Gasteiger partial charge in [-0.05, 0) is 57.2 Å². The first kappa shape index (κ1) is 22.4. The second kappa shape index (κ2) is 10.7. The molecule has 2 aromatic carbocycles. The van der Waals surface area contributed by atoms with Gasteiger partial charge in [-0.3, -0.25) is 9.59 Å². The van der Waals surface area contributed by atoms with Crippen LogP contribution in [0.15, 0.2) is 59.1 Å². The molecular formula is C23H24N2O5S. The van der Waals surface area contributed by atoms with Gasteiger partial charge in [-0.25, -0.2) is 0 Å². The van der Waals surface area contributed by atoms with E-state index in [9.17, 15) is 9.59 Å². The van der Waals surface area contributed by atoms with Gasteiger partial charge in [0.2, 0.25) is 0 Å². The molecule has 0 aliphatic carbocycles. The highest BCUT2D eigenvalue weighted by molar-refractivity contribution is 7.99. The molecule has 1 aromatic heterocycles. The van der Waals surface area contributed by atoms with Crippen molar-refractivity contribution in [1.29, 1.82) is 0 Å². The number of nitrogens with zero attached hydrogens (tertiary/aromatic N) is 1. The van der Waals surface area contributed by atoms with Crippen molar-refractivity contribution >= 4 is 29.3 Å². The standard InChI is InChI=1S/C23H24N2O5S/c1-15-21(16(2)30-25-15)13-31-14-22(26)28-17(3)23(27)24-18-9-11-20(12-10-18)29-19-7-5-4-6-8-19/h4-12,17H,13-14H2,1-3H3,(H,24,27). The fourth-order valence-electron chi connectivity index (χ4n) is 2.70. The zero-order valence-corrected chi connectivity index (χ0v) is 18.4. The summed E-state index contributed by atoms with van der Waals surface area (Å²) < 4.78 is 16.1. The number of benzene rings is 2. The Morgan fingerprint density at radius 3 is 2.39 bits per heavy atom. The lowest BCUT2D eigenvalue weighted by atomic mass is 10.2. The summed E-state index contributed by atoms with van der Waals surface area (Å²) >= 11 is 1.39. The van der Waals surface area contributed by atoms with E-state index < -0.39 is 18.0 Å². The van der Waals surface area contributed by atoms with E-state index >= 15 is 0 Å². The fraction of sp³-hybridized carbons (Fsp3) is 0.261. The third-order valence-electron chi connectivity index (χ3n) is 4.43. The Balaban J connectivity index is 1.42. The molecule has 1 amide bonds. The van der Waals surface area contributed by atoms with Gasteiger partial charge in [0.15, 0.2) is 6.10 Å². The molecule has 3 rings (SSSR count). The van der Waals surface area contributed by atoms with E-state index in [1.807, 2.05) is 44.2 Å². The molecule has 0 radical (unpaired) electrons. The predicted octanol–water partition coefficient (Wildman–Crippen LogP) is 4.89. The van der Waals surface area contributed by atoms with Crippen molar-refractivity contribution in [2.75, 3.05) is 11.1 Å². The third-order valence-corrected chi connectivity index (χ3v) is 5.36. The summed E-state index contributed by atoms with van der Waals surface area (Å²) in [5.74, 6) is 1.99. The predicted molar refractivity (Wildman–Crippen MR) is 119 cm³/mol. The Labute approximate surface area is 185 Å². The van der Waals surface area contributed by atoms with Crippen molar-refractivity contribution in [3.63, 3.8) is 0 Å². The molecule has 3 aromatic rings. The van der Waals surface area contributed by atoms with Gasteiger partial charge >= 0.3 is 5.97 Å². The Morgan fingerprint density at radius 1 is 1.06 bits per heavy atom. The molecule has 162 valence electrons. The first-order chi connectivity index (χ1) is 14.9. The zero-order chi connectivity index (χ0) is 22.2. The van der Waals surface area contributed by atoms with Crippen molar-refractivity contribution in [2.45, 2.75) is 32.6 Å². The molecule has 0 spiro atoms. The van der Waals surface area contributed by atoms with Gasteiger partial charge in [-0.1, -0.05) is 23.4 Å². The minimum absolute atomic E-state index is 0.132. The summed E-state index contributed by atoms with van der Waals surface area (Å²) in [6.45, 7) is 5.23. The number of hydrogen-bond donors (Lipinski definition) is 1. The number of hydrogen-bond acceptors (Lipinski definition) is 7. The van der Waals surface area contributed by atoms with Gasteiger partial charge in [-0.15, -0.1) is 11.8 Å². The molecule has 0 fully saturated rings. The maximum atomic E-state index is 12.3. The molecule has 0 saturated carbocycles. The number of anilines is 1. The second-order valence-electron chi connectivity index (χ2n) is 6.86. The Bertz CT molecular complexity index is 999. The smallest absolute Gasteiger partial charge is 0.316 e. The molecule has 1 N–H and O–H groups in total. The van der Waals surface area contributed by atoms with Crippen molar-refractivity contribution in [3.8, 4) is 11.5 Å². The molecule has 0 bridgehead atoms. The molecule has 31 heavy (non-hydrogen) atoms. The molecule has 1 heterocycles. The van der Waals surface area contributed by atoms with Crippen LogP contribution in [0.2, 0.25) is 0 Å². The molecule has 0 aliphatic heterocycles. The van der Waals surface area contributed by atoms with E-state index in [4.69, 9.17) is 14.0 Å². The molecule has 0 saturated heterocycles. The van der Waals surface area contributed by atoms with Gasteiger partial charge in [-0.2, -0.15) is 0 Å². The Kier molecular flexibility index (Phi) is 7.72. The van der Waals surface area contributed by atoms with Gasteiger partial charge in [0.05, 0.1) is 11.4 Å². The third kappa shape index (κ3) is 6.62. The first-order valence-electron chi connectivity index (χ1n) is 9.75. The minimum atomic E-state index is -0.910. The van der Waals surface area contributed by atoms with E-state index in [2.05, 4.69) is 10.5 Å². The summed E-state index contributed by atoms with van der Waals surface area (Å²) in [5, 5.41) is 6.62. The van der Waals surface area contributed by atoms with E-state index in [-0.39, 0.29) is 5.75 Å². The highest BCUT2D eigenvalue weighted by Gasteiger charge is 2.18. The molecule has 7 nitrogen and oxygen atoms in total. The number of amides is 1. The van der Waals surface area contributed by atoms with Crippen LogP contribution in [0.3, 0.4) is 0 Å². The van der Waals surface area contributed by atoms with Crippen LogP contribution < -0.4 is 10.1 Å². The van der Waals surface area contributed by atoms with Gasteiger partial charge < -0.3 is 19.3 Å². The second-order valence-corrected chi connectivity index (χ2v) is 7.84. The summed E-state index contributed by atoms with van der Waals surface area (Å²) in [7, 11) is 0. The van der Waals surface area contributed by atoms with Gasteiger partial charge in [0, 0.05) is 17.0 Å². The number of rotatable bonds is 9. The lowest BCUT2D eigenvalue weighted by Crippen LogP contribution is -2.30. The van der Waals surface area contributed by atoms with Crippen LogP contribution in [0.4, 0.5) is 5.69 Å². The average Bonchev–Trinajstić information content (AvgIpc) is 3.08. The van der Waals surface area contributed by atoms with Gasteiger partial charge in [0.25, 0.3) is 5.91 Å². The number of esters is 1. The Hall–Kier alpha value is -3.26. The van der Waals surface area contributed by atoms with Crippen LogP contribution >= 0.6 is 11.8 Å². The number of carbonyl (C=O) groups is 2. The van der Waals surface area contributed by atoms with Gasteiger partial charge in [0.1, 0.15) is 17.3 Å². The van der Waals surface area contributed by atoms with Crippen LogP contribution in [0.5, 0.6) is 11.5 Å². The van der Waals surface area contributed by atoms with E-state index in [1.54, 1.807) is 31.2 Å². The van der Waals surface area contributed by atoms with Crippen LogP contribution in [0.1, 0.15) is 23.9 Å². The van der Waals surface area contributed by atoms with Crippen LogP contribution in [0.25, 0.3) is 0 Å². The fourth-order valence-corrected chi connectivity index (χ4v) is 3.66. The van der Waals surface area contributed by atoms with Crippen LogP contribution in [-0.4, -0.2) is 28.9 Å². The summed E-state index contributed by atoms with van der Waals surface area (Å²) in [4.78, 5) is 24.4. The highest BCUT2D eigenvalue weighted by atomic mass is 32.2. The number of ether oxygens (including phenoxy) is 2. The van der Waals surface area contributed by atoms with E-state index in [0.29, 0.717) is 17.2 Å². The largest absolute Gasteiger partial charge is 0.457 e. The molecule has 8 heteroatoms. The number of thioether (sulfide) groups is 1. The Morgan fingerprint density at radius 2 is 1.74 bits per heavy atom. The molecule has 1 unspecified atom stereocenters. The number of nitrogens with one attached hydrogen (secondary N) is 1. The van der Waals surface area contributed by atoms with Crippen molar-refractivity contribution in [1.82, 2.24) is 5.16 Å². The molecular weight excluding hydrogens is 416 g/mol. The summed E-state index contributed by atoms with van der Waals surface area (Å²) in [6, 6.07) is 16.4. The average molecular weight is 441 g/mol. The van der Waals surface area contributed by atoms with E-state index in [1.165, 1.54) is 11.8 Å². The topological polar surface area (TPSA) is 90.7 Å². The zero-order valence-electron chi connectivity index (χ0n) is 17.6. The van der Waals surface area contributed by atoms with Crippen molar-refractivity contribution in [3.05, 3.63) is 71.6 Å². The number of aromatic nitrogens is 1. The monoisotopic (exact) mass is 440 g/mol. The lowest BCUT2D eigenvalue weighted by Gasteiger charge is -2.14. The van der Waals surface area contributed by atoms with Crippen molar-refractivity contribution in [2.24, 2.45) is 0 Å². The van der Waals surface area contributed by atoms with Crippen LogP contribution in [-0.2, 0) is 20.1 Å². The number of carbonyl (C=O) groups excluding carboxylic acids is 2.